The lowest BCUT2D eigenvalue weighted by Gasteiger charge is -2.09. The van der Waals surface area contributed by atoms with Crippen molar-refractivity contribution in [2.45, 2.75) is 53.0 Å². The molecule has 0 aromatic heterocycles. The van der Waals surface area contributed by atoms with Crippen LogP contribution in [0.25, 0.3) is 0 Å². The molecule has 5 nitrogen and oxygen atoms in total. The van der Waals surface area contributed by atoms with Crippen LogP contribution in [0.1, 0.15) is 40.5 Å². The fourth-order valence-corrected chi connectivity index (χ4v) is 1.93. The van der Waals surface area contributed by atoms with Crippen LogP contribution in [0.3, 0.4) is 0 Å². The summed E-state index contributed by atoms with van der Waals surface area (Å²) in [5.41, 5.74) is 11.3. The Bertz CT molecular complexity index is 192. The minimum absolute atomic E-state index is 0.391. The van der Waals surface area contributed by atoms with Crippen LogP contribution >= 0.6 is 8.25 Å². The maximum Gasteiger partial charge on any atom is 0.700 e. The molecular weight excluding hydrogens is 227 g/mol. The summed E-state index contributed by atoms with van der Waals surface area (Å²) < 4.78 is 21.4. The van der Waals surface area contributed by atoms with Gasteiger partial charge >= 0.3 is 8.25 Å². The van der Waals surface area contributed by atoms with Crippen LogP contribution in [-0.4, -0.2) is 12.5 Å². The Morgan fingerprint density at radius 2 is 1.25 bits per heavy atom. The first-order chi connectivity index (χ1) is 7.31. The number of hydrogen-bond donors (Lipinski definition) is 2. The Hall–Kier alpha value is -0.0600. The van der Waals surface area contributed by atoms with E-state index in [1.165, 1.54) is 0 Å². The maximum atomic E-state index is 11.4. The highest BCUT2D eigenvalue weighted by molar-refractivity contribution is 7.33. The standard InChI is InChI=1S/C10H24N2O3P/c1-7(2)5-9(11)14-16(13)15-10(12)6-8(3)4/h7-10H,5-6,11-12H2,1-4H3/q+1/t9-,10-/m1/s1. The Morgan fingerprint density at radius 3 is 1.50 bits per heavy atom. The first-order valence-electron chi connectivity index (χ1n) is 5.63. The smallest absolute Gasteiger partial charge is 0.302 e. The van der Waals surface area contributed by atoms with Gasteiger partial charge in [-0.3, -0.25) is 0 Å². The molecule has 6 heteroatoms. The average molecular weight is 251 g/mol. The van der Waals surface area contributed by atoms with E-state index in [0.29, 0.717) is 24.7 Å². The van der Waals surface area contributed by atoms with Crippen LogP contribution in [0.4, 0.5) is 0 Å². The minimum Gasteiger partial charge on any atom is -0.302 e. The molecular formula is C10H24N2O3P+. The van der Waals surface area contributed by atoms with Crippen LogP contribution in [0.15, 0.2) is 0 Å². The molecule has 0 unspecified atom stereocenters. The zero-order valence-electron chi connectivity index (χ0n) is 10.6. The van der Waals surface area contributed by atoms with Gasteiger partial charge in [-0.05, 0) is 24.7 Å². The lowest BCUT2D eigenvalue weighted by Crippen LogP contribution is -2.26. The van der Waals surface area contributed by atoms with Gasteiger partial charge in [0.05, 0.1) is 0 Å². The van der Waals surface area contributed by atoms with Crippen molar-refractivity contribution < 1.29 is 13.6 Å². The molecule has 0 saturated carbocycles. The van der Waals surface area contributed by atoms with E-state index < -0.39 is 20.7 Å². The highest BCUT2D eigenvalue weighted by Gasteiger charge is 2.29. The summed E-state index contributed by atoms with van der Waals surface area (Å²) in [7, 11) is -2.22. The molecule has 0 rings (SSSR count). The Labute approximate surface area is 98.8 Å². The predicted octanol–water partition coefficient (Wildman–Crippen LogP) is 2.34. The summed E-state index contributed by atoms with van der Waals surface area (Å²) in [6.07, 6.45) is 0.165. The van der Waals surface area contributed by atoms with E-state index >= 15 is 0 Å². The van der Waals surface area contributed by atoms with Crippen molar-refractivity contribution in [1.29, 1.82) is 0 Å². The zero-order chi connectivity index (χ0) is 12.7. The van der Waals surface area contributed by atoms with Crippen molar-refractivity contribution >= 4 is 8.25 Å². The number of nitrogens with two attached hydrogens (primary N) is 2. The quantitative estimate of drug-likeness (QED) is 0.510. The number of hydrogen-bond acceptors (Lipinski definition) is 5. The molecule has 0 aliphatic heterocycles. The van der Waals surface area contributed by atoms with Gasteiger partial charge in [-0.15, -0.1) is 9.05 Å². The second-order valence-corrected chi connectivity index (χ2v) is 5.64. The van der Waals surface area contributed by atoms with Gasteiger partial charge < -0.3 is 11.5 Å². The first kappa shape index (κ1) is 15.9. The highest BCUT2D eigenvalue weighted by Crippen LogP contribution is 2.28. The van der Waals surface area contributed by atoms with Crippen LogP contribution in [0, 0.1) is 11.8 Å². The monoisotopic (exact) mass is 251 g/mol. The van der Waals surface area contributed by atoms with Crippen molar-refractivity contribution in [3.8, 4) is 0 Å². The van der Waals surface area contributed by atoms with E-state index in [9.17, 15) is 4.57 Å². The fourth-order valence-electron chi connectivity index (χ4n) is 1.26. The third-order valence-corrected chi connectivity index (χ3v) is 2.74. The lowest BCUT2D eigenvalue weighted by atomic mass is 10.1. The molecule has 0 saturated heterocycles. The summed E-state index contributed by atoms with van der Waals surface area (Å²) in [5, 5.41) is 0. The molecule has 96 valence electrons. The summed E-state index contributed by atoms with van der Waals surface area (Å²) in [4.78, 5) is 0. The van der Waals surface area contributed by atoms with Crippen LogP contribution in [0.5, 0.6) is 0 Å². The van der Waals surface area contributed by atoms with E-state index in [0.717, 1.165) is 0 Å². The van der Waals surface area contributed by atoms with Gasteiger partial charge in [0, 0.05) is 4.57 Å². The van der Waals surface area contributed by atoms with Gasteiger partial charge in [0.15, 0.2) is 12.5 Å². The second kappa shape index (κ2) is 8.09. The minimum atomic E-state index is -2.22. The lowest BCUT2D eigenvalue weighted by molar-refractivity contribution is 0.114. The fraction of sp³-hybridized carbons (Fsp3) is 1.00. The normalized spacial score (nSPS) is 15.5. The molecule has 0 aliphatic rings. The van der Waals surface area contributed by atoms with E-state index in [1.54, 1.807) is 0 Å². The van der Waals surface area contributed by atoms with Gasteiger partial charge in [-0.2, -0.15) is 0 Å². The van der Waals surface area contributed by atoms with Crippen LogP contribution in [-0.2, 0) is 13.6 Å². The van der Waals surface area contributed by atoms with E-state index in [2.05, 4.69) is 0 Å². The molecule has 4 N–H and O–H groups in total. The molecule has 0 aliphatic carbocycles. The third kappa shape index (κ3) is 9.19. The average Bonchev–Trinajstić information content (AvgIpc) is 1.97. The van der Waals surface area contributed by atoms with Gasteiger partial charge in [0.2, 0.25) is 0 Å². The first-order valence-corrected chi connectivity index (χ1v) is 6.72. The SMILES string of the molecule is CC(C)C[C@H](N)O[P+](=O)O[C@@H](N)CC(C)C. The van der Waals surface area contributed by atoms with E-state index in [1.807, 2.05) is 27.7 Å². The Morgan fingerprint density at radius 1 is 0.938 bits per heavy atom. The summed E-state index contributed by atoms with van der Waals surface area (Å²) in [6, 6.07) is 0. The van der Waals surface area contributed by atoms with Crippen molar-refractivity contribution in [2.75, 3.05) is 0 Å². The largest absolute Gasteiger partial charge is 0.700 e. The molecule has 0 spiro atoms. The topological polar surface area (TPSA) is 87.6 Å². The molecule has 0 fully saturated rings. The van der Waals surface area contributed by atoms with Crippen LogP contribution < -0.4 is 11.5 Å². The molecule has 0 aromatic carbocycles. The summed E-state index contributed by atoms with van der Waals surface area (Å²) >= 11 is 0. The Balaban J connectivity index is 3.80. The second-order valence-electron chi connectivity index (χ2n) is 4.77. The Kier molecular flexibility index (Phi) is 8.06. The van der Waals surface area contributed by atoms with Crippen molar-refractivity contribution in [3.63, 3.8) is 0 Å². The van der Waals surface area contributed by atoms with Gasteiger partial charge in [0.1, 0.15) is 0 Å². The highest BCUT2D eigenvalue weighted by atomic mass is 31.1. The molecule has 0 heterocycles. The van der Waals surface area contributed by atoms with Gasteiger partial charge in [-0.25, -0.2) is 0 Å². The van der Waals surface area contributed by atoms with Crippen molar-refractivity contribution in [1.82, 2.24) is 0 Å². The van der Waals surface area contributed by atoms with Gasteiger partial charge in [0.25, 0.3) is 0 Å². The molecule has 2 atom stereocenters. The molecule has 16 heavy (non-hydrogen) atoms. The summed E-state index contributed by atoms with van der Waals surface area (Å²) in [6.45, 7) is 8.06. The number of rotatable bonds is 8. The predicted molar refractivity (Wildman–Crippen MR) is 64.6 cm³/mol. The van der Waals surface area contributed by atoms with E-state index in [4.69, 9.17) is 20.5 Å². The van der Waals surface area contributed by atoms with Crippen molar-refractivity contribution in [2.24, 2.45) is 23.3 Å². The molecule has 0 aromatic rings. The molecule has 0 radical (unpaired) electrons. The molecule has 0 bridgehead atoms. The zero-order valence-corrected chi connectivity index (χ0v) is 11.4. The summed E-state index contributed by atoms with van der Waals surface area (Å²) in [5.74, 6) is 0.783. The maximum absolute atomic E-state index is 11.4. The third-order valence-electron chi connectivity index (χ3n) is 1.85. The van der Waals surface area contributed by atoms with E-state index in [-0.39, 0.29) is 0 Å². The molecule has 0 amide bonds. The van der Waals surface area contributed by atoms with Crippen molar-refractivity contribution in [3.05, 3.63) is 0 Å². The van der Waals surface area contributed by atoms with Crippen LogP contribution in [0.2, 0.25) is 0 Å². The van der Waals surface area contributed by atoms with Gasteiger partial charge in [-0.1, -0.05) is 27.7 Å².